The van der Waals surface area contributed by atoms with Crippen LogP contribution in [0.2, 0.25) is 0 Å². The molecule has 204 valence electrons. The molecule has 0 aliphatic rings. The van der Waals surface area contributed by atoms with Crippen molar-refractivity contribution in [2.45, 2.75) is 67.7 Å². The average Bonchev–Trinajstić information content (AvgIpc) is 3.37. The van der Waals surface area contributed by atoms with E-state index in [2.05, 4.69) is 56.8 Å². The van der Waals surface area contributed by atoms with Crippen LogP contribution >= 0.6 is 0 Å². The van der Waals surface area contributed by atoms with Crippen molar-refractivity contribution in [1.82, 2.24) is 14.6 Å². The van der Waals surface area contributed by atoms with E-state index >= 15 is 0 Å². The average molecular weight is 518 g/mol. The summed E-state index contributed by atoms with van der Waals surface area (Å²) in [7, 11) is 1.66. The third-order valence-electron chi connectivity index (χ3n) is 5.97. The molecule has 4 aromatic rings. The van der Waals surface area contributed by atoms with Gasteiger partial charge in [0.15, 0.2) is 11.4 Å². The first-order valence-electron chi connectivity index (χ1n) is 13.5. The van der Waals surface area contributed by atoms with Crippen LogP contribution in [-0.4, -0.2) is 34.1 Å². The SMILES string of the molecule is CCC(=O)c1cc2nccc(-c3ccc(OC)c(C)c3)n2n1.CCC(C)C.CCCOc1ccc(C)cc1. The van der Waals surface area contributed by atoms with E-state index in [-0.39, 0.29) is 5.78 Å². The third-order valence-corrected chi connectivity index (χ3v) is 5.97. The van der Waals surface area contributed by atoms with Crippen molar-refractivity contribution in [3.8, 4) is 22.8 Å². The number of carbonyl (C=O) groups excluding carboxylic acids is 1. The fourth-order valence-electron chi connectivity index (χ4n) is 3.32. The molecule has 0 radical (unpaired) electrons. The third kappa shape index (κ3) is 9.02. The number of hydrogen-bond acceptors (Lipinski definition) is 5. The normalized spacial score (nSPS) is 10.3. The van der Waals surface area contributed by atoms with Gasteiger partial charge in [0.2, 0.25) is 0 Å². The lowest BCUT2D eigenvalue weighted by molar-refractivity contribution is 0.0983. The number of nitrogens with zero attached hydrogens (tertiary/aromatic N) is 3. The van der Waals surface area contributed by atoms with Gasteiger partial charge < -0.3 is 9.47 Å². The summed E-state index contributed by atoms with van der Waals surface area (Å²) in [5, 5.41) is 4.41. The highest BCUT2D eigenvalue weighted by Gasteiger charge is 2.13. The van der Waals surface area contributed by atoms with Crippen LogP contribution in [-0.2, 0) is 0 Å². The Morgan fingerprint density at radius 1 is 0.974 bits per heavy atom. The first-order valence-corrected chi connectivity index (χ1v) is 13.5. The number of rotatable bonds is 8. The molecule has 6 heteroatoms. The van der Waals surface area contributed by atoms with Gasteiger partial charge in [-0.2, -0.15) is 5.10 Å². The highest BCUT2D eigenvalue weighted by molar-refractivity contribution is 5.95. The van der Waals surface area contributed by atoms with Crippen LogP contribution < -0.4 is 9.47 Å². The topological polar surface area (TPSA) is 65.7 Å². The molecule has 0 saturated carbocycles. The molecule has 6 nitrogen and oxygen atoms in total. The van der Waals surface area contributed by atoms with Crippen LogP contribution in [0.4, 0.5) is 0 Å². The van der Waals surface area contributed by atoms with Crippen LogP contribution in [0.5, 0.6) is 11.5 Å². The smallest absolute Gasteiger partial charge is 0.182 e. The molecule has 0 saturated heterocycles. The molecule has 0 unspecified atom stereocenters. The van der Waals surface area contributed by atoms with Crippen LogP contribution in [0, 0.1) is 19.8 Å². The first kappa shape index (κ1) is 30.6. The van der Waals surface area contributed by atoms with E-state index in [1.54, 1.807) is 23.9 Å². The summed E-state index contributed by atoms with van der Waals surface area (Å²) >= 11 is 0. The fraction of sp³-hybridized carbons (Fsp3) is 0.406. The van der Waals surface area contributed by atoms with Gasteiger partial charge in [-0.1, -0.05) is 58.7 Å². The van der Waals surface area contributed by atoms with Gasteiger partial charge in [-0.3, -0.25) is 4.79 Å². The van der Waals surface area contributed by atoms with Gasteiger partial charge in [-0.15, -0.1) is 0 Å². The maximum absolute atomic E-state index is 11.8. The minimum Gasteiger partial charge on any atom is -0.496 e. The number of aromatic nitrogens is 3. The summed E-state index contributed by atoms with van der Waals surface area (Å²) < 4.78 is 12.4. The molecule has 2 heterocycles. The van der Waals surface area contributed by atoms with Crippen LogP contribution in [0.25, 0.3) is 16.9 Å². The van der Waals surface area contributed by atoms with Crippen LogP contribution in [0.3, 0.4) is 0 Å². The number of ketones is 1. The van der Waals surface area contributed by atoms with Crippen LogP contribution in [0.1, 0.15) is 75.5 Å². The van der Waals surface area contributed by atoms with Gasteiger partial charge in [-0.05, 0) is 68.1 Å². The molecule has 0 fully saturated rings. The Morgan fingerprint density at radius 3 is 2.21 bits per heavy atom. The lowest BCUT2D eigenvalue weighted by Crippen LogP contribution is -2.00. The number of Topliss-reactive ketones (excluding diaryl/α,β-unsaturated/α-hetero) is 1. The lowest BCUT2D eigenvalue weighted by Gasteiger charge is -2.08. The van der Waals surface area contributed by atoms with Crippen molar-refractivity contribution < 1.29 is 14.3 Å². The van der Waals surface area contributed by atoms with E-state index in [4.69, 9.17) is 9.47 Å². The minimum atomic E-state index is 0.0161. The maximum Gasteiger partial charge on any atom is 0.182 e. The fourth-order valence-corrected chi connectivity index (χ4v) is 3.32. The molecule has 0 aliphatic heterocycles. The standard InChI is InChI=1S/C17H17N3O2.C10H14O.C5H12/c1-4-15(21)13-10-17-18-8-7-14(20(17)19-13)12-5-6-16(22-3)11(2)9-12;1-3-8-11-10-6-4-9(2)5-7-10;1-4-5(2)3/h5-10H,4H2,1-3H3;4-7H,3,8H2,1-2H3;5H,4H2,1-3H3. The second-order valence-electron chi connectivity index (χ2n) is 9.55. The summed E-state index contributed by atoms with van der Waals surface area (Å²) in [5.41, 5.74) is 5.33. The number of fused-ring (bicyclic) bond motifs is 1. The highest BCUT2D eigenvalue weighted by atomic mass is 16.5. The molecule has 2 aromatic carbocycles. The van der Waals surface area contributed by atoms with E-state index in [0.29, 0.717) is 17.8 Å². The van der Waals surface area contributed by atoms with E-state index in [9.17, 15) is 4.79 Å². The number of aryl methyl sites for hydroxylation is 2. The van der Waals surface area contributed by atoms with E-state index in [1.807, 2.05) is 50.2 Å². The van der Waals surface area contributed by atoms with Gasteiger partial charge in [-0.25, -0.2) is 9.50 Å². The number of methoxy groups -OCH3 is 1. The largest absolute Gasteiger partial charge is 0.496 e. The van der Waals surface area contributed by atoms with Gasteiger partial charge in [0.1, 0.15) is 17.2 Å². The van der Waals surface area contributed by atoms with Gasteiger partial charge >= 0.3 is 0 Å². The van der Waals surface area contributed by atoms with Gasteiger partial charge in [0.05, 0.1) is 19.4 Å². The number of benzene rings is 2. The van der Waals surface area contributed by atoms with E-state index in [1.165, 1.54) is 12.0 Å². The molecule has 0 N–H and O–H groups in total. The summed E-state index contributed by atoms with van der Waals surface area (Å²) in [6.45, 7) is 15.5. The highest BCUT2D eigenvalue weighted by Crippen LogP contribution is 2.26. The number of ether oxygens (including phenoxy) is 2. The molecule has 0 spiro atoms. The zero-order valence-electron chi connectivity index (χ0n) is 24.2. The molecule has 4 rings (SSSR count). The summed E-state index contributed by atoms with van der Waals surface area (Å²) in [4.78, 5) is 16.1. The Kier molecular flexibility index (Phi) is 12.5. The van der Waals surface area contributed by atoms with Crippen molar-refractivity contribution in [2.75, 3.05) is 13.7 Å². The quantitative estimate of drug-likeness (QED) is 0.221. The summed E-state index contributed by atoms with van der Waals surface area (Å²) in [6.07, 6.45) is 4.53. The monoisotopic (exact) mass is 517 g/mol. The van der Waals surface area contributed by atoms with Crippen molar-refractivity contribution in [3.05, 3.63) is 77.6 Å². The van der Waals surface area contributed by atoms with Crippen molar-refractivity contribution in [2.24, 2.45) is 5.92 Å². The maximum atomic E-state index is 11.8. The first-order chi connectivity index (χ1) is 18.2. The Balaban J connectivity index is 0.000000264. The Hall–Kier alpha value is -3.67. The van der Waals surface area contributed by atoms with Crippen molar-refractivity contribution >= 4 is 11.4 Å². The van der Waals surface area contributed by atoms with Gasteiger partial charge in [0.25, 0.3) is 0 Å². The van der Waals surface area contributed by atoms with Crippen molar-refractivity contribution in [3.63, 3.8) is 0 Å². The van der Waals surface area contributed by atoms with Crippen molar-refractivity contribution in [1.29, 1.82) is 0 Å². The minimum absolute atomic E-state index is 0.0161. The molecule has 0 atom stereocenters. The second kappa shape index (κ2) is 15.6. The summed E-state index contributed by atoms with van der Waals surface area (Å²) in [6, 6.07) is 17.7. The molecular weight excluding hydrogens is 474 g/mol. The Labute approximate surface area is 228 Å². The predicted molar refractivity (Wildman–Crippen MR) is 156 cm³/mol. The Morgan fingerprint density at radius 2 is 1.66 bits per heavy atom. The predicted octanol–water partition coefficient (Wildman–Crippen LogP) is 8.14. The number of carbonyl (C=O) groups is 1. The molecule has 2 aromatic heterocycles. The van der Waals surface area contributed by atoms with E-state index < -0.39 is 0 Å². The van der Waals surface area contributed by atoms with Gasteiger partial charge in [0, 0.05) is 24.2 Å². The second-order valence-corrected chi connectivity index (χ2v) is 9.55. The molecule has 0 bridgehead atoms. The number of hydrogen-bond donors (Lipinski definition) is 0. The van der Waals surface area contributed by atoms with Crippen LogP contribution in [0.15, 0.2) is 60.8 Å². The molecular formula is C32H43N3O3. The zero-order chi connectivity index (χ0) is 28.1. The Bertz CT molecular complexity index is 1280. The molecule has 0 aliphatic carbocycles. The van der Waals surface area contributed by atoms with E-state index in [0.717, 1.165) is 47.3 Å². The zero-order valence-corrected chi connectivity index (χ0v) is 24.2. The summed E-state index contributed by atoms with van der Waals surface area (Å²) in [5.74, 6) is 2.71. The molecule has 0 amide bonds. The lowest BCUT2D eigenvalue weighted by atomic mass is 10.1. The molecule has 38 heavy (non-hydrogen) atoms.